The van der Waals surface area contributed by atoms with Gasteiger partial charge in [-0.2, -0.15) is 13.2 Å². The quantitative estimate of drug-likeness (QED) is 0.0818. The predicted molar refractivity (Wildman–Crippen MR) is 142 cm³/mol. The molecule has 39 heavy (non-hydrogen) atoms. The first-order valence-electron chi connectivity index (χ1n) is 10.9. The molecule has 0 saturated heterocycles. The molecule has 15 heteroatoms. The predicted octanol–water partition coefficient (Wildman–Crippen LogP) is 3.05. The summed E-state index contributed by atoms with van der Waals surface area (Å²) in [7, 11) is 2.45. The Balaban J connectivity index is 0.000000956. The topological polar surface area (TPSA) is 171 Å². The molecule has 2 aromatic rings. The van der Waals surface area contributed by atoms with Crippen LogP contribution in [0.15, 0.2) is 43.0 Å². The molecule has 0 aliphatic rings. The van der Waals surface area contributed by atoms with Crippen molar-refractivity contribution < 1.29 is 47.3 Å². The van der Waals surface area contributed by atoms with Gasteiger partial charge >= 0.3 is 24.1 Å². The SMILES string of the molecule is C=CCN(CC(=O)O)C(=O)C(C)(C)Cc1ccc(C(=O)Oc2ccc(C(=N)N)cc2P)s1.O=C(O)C(F)(F)F. The number of nitrogen functional groups attached to an aromatic ring is 1. The fourth-order valence-corrected chi connectivity index (χ4v) is 4.47. The van der Waals surface area contributed by atoms with E-state index >= 15 is 0 Å². The third-order valence-electron chi connectivity index (χ3n) is 4.79. The molecule has 1 heterocycles. The molecule has 0 saturated carbocycles. The average Bonchev–Trinajstić information content (AvgIpc) is 3.26. The Morgan fingerprint density at radius 1 is 1.18 bits per heavy atom. The van der Waals surface area contributed by atoms with Gasteiger partial charge in [0.15, 0.2) is 0 Å². The smallest absolute Gasteiger partial charge is 0.480 e. The van der Waals surface area contributed by atoms with Crippen LogP contribution in [-0.2, 0) is 20.8 Å². The largest absolute Gasteiger partial charge is 0.490 e. The number of carbonyl (C=O) groups is 4. The van der Waals surface area contributed by atoms with Gasteiger partial charge < -0.3 is 25.6 Å². The number of nitrogens with zero attached hydrogens (tertiary/aromatic N) is 1. The van der Waals surface area contributed by atoms with E-state index < -0.39 is 36.0 Å². The molecule has 1 aromatic carbocycles. The van der Waals surface area contributed by atoms with Crippen molar-refractivity contribution in [1.82, 2.24) is 4.90 Å². The molecule has 2 rings (SSSR count). The lowest BCUT2D eigenvalue weighted by atomic mass is 9.87. The summed E-state index contributed by atoms with van der Waals surface area (Å²) in [5.74, 6) is -4.44. The van der Waals surface area contributed by atoms with E-state index in [0.717, 1.165) is 4.88 Å². The maximum absolute atomic E-state index is 12.9. The molecule has 0 bridgehead atoms. The van der Waals surface area contributed by atoms with Crippen LogP contribution in [-0.4, -0.2) is 64.0 Å². The van der Waals surface area contributed by atoms with E-state index in [2.05, 4.69) is 15.8 Å². The maximum Gasteiger partial charge on any atom is 0.490 e. The van der Waals surface area contributed by atoms with Crippen molar-refractivity contribution >= 4 is 55.5 Å². The van der Waals surface area contributed by atoms with Gasteiger partial charge in [-0.1, -0.05) is 19.9 Å². The zero-order chi connectivity index (χ0) is 30.1. The van der Waals surface area contributed by atoms with E-state index in [4.69, 9.17) is 30.9 Å². The number of carboxylic acids is 2. The number of benzene rings is 1. The van der Waals surface area contributed by atoms with Crippen molar-refractivity contribution in [1.29, 1.82) is 5.41 Å². The Morgan fingerprint density at radius 2 is 1.77 bits per heavy atom. The molecule has 0 aliphatic carbocycles. The third kappa shape index (κ3) is 10.5. The number of halogens is 3. The van der Waals surface area contributed by atoms with Gasteiger partial charge in [0.2, 0.25) is 5.91 Å². The number of rotatable bonds is 10. The summed E-state index contributed by atoms with van der Waals surface area (Å²) in [5, 5.41) is 24.3. The lowest BCUT2D eigenvalue weighted by Crippen LogP contribution is -2.44. The summed E-state index contributed by atoms with van der Waals surface area (Å²) >= 11 is 1.21. The summed E-state index contributed by atoms with van der Waals surface area (Å²) in [5.41, 5.74) is 5.11. The van der Waals surface area contributed by atoms with Crippen LogP contribution in [0.1, 0.15) is 34.0 Å². The Hall–Kier alpha value is -3.77. The monoisotopic (exact) mass is 589 g/mol. The van der Waals surface area contributed by atoms with Crippen LogP contribution < -0.4 is 15.8 Å². The number of hydrogen-bond acceptors (Lipinski definition) is 7. The third-order valence-corrected chi connectivity index (χ3v) is 6.30. The molecule has 5 N–H and O–H groups in total. The van der Waals surface area contributed by atoms with Crippen LogP contribution in [0.3, 0.4) is 0 Å². The van der Waals surface area contributed by atoms with Crippen molar-refractivity contribution in [3.05, 3.63) is 58.3 Å². The minimum atomic E-state index is -5.08. The molecule has 1 aromatic heterocycles. The number of carboxylic acid groups (broad SMARTS) is 2. The minimum absolute atomic E-state index is 0.0818. The number of hydrogen-bond donors (Lipinski definition) is 4. The first-order valence-corrected chi connectivity index (χ1v) is 12.3. The summed E-state index contributed by atoms with van der Waals surface area (Å²) < 4.78 is 37.2. The number of carbonyl (C=O) groups excluding carboxylic acids is 2. The zero-order valence-corrected chi connectivity index (χ0v) is 22.8. The molecule has 0 aliphatic heterocycles. The summed E-state index contributed by atoms with van der Waals surface area (Å²) in [4.78, 5) is 47.8. The second-order valence-electron chi connectivity index (χ2n) is 8.55. The maximum atomic E-state index is 12.9. The van der Waals surface area contributed by atoms with Gasteiger partial charge in [0.1, 0.15) is 23.0 Å². The lowest BCUT2D eigenvalue weighted by Gasteiger charge is -2.30. The second-order valence-corrected chi connectivity index (χ2v) is 10.3. The number of ether oxygens (including phenoxy) is 1. The van der Waals surface area contributed by atoms with E-state index in [9.17, 15) is 27.6 Å². The van der Waals surface area contributed by atoms with E-state index in [-0.39, 0.29) is 18.3 Å². The van der Waals surface area contributed by atoms with Gasteiger partial charge in [-0.15, -0.1) is 27.2 Å². The number of amides is 1. The highest BCUT2D eigenvalue weighted by Gasteiger charge is 2.38. The van der Waals surface area contributed by atoms with Crippen LogP contribution in [0, 0.1) is 10.8 Å². The van der Waals surface area contributed by atoms with Crippen LogP contribution >= 0.6 is 20.6 Å². The van der Waals surface area contributed by atoms with Crippen molar-refractivity contribution in [3.63, 3.8) is 0 Å². The van der Waals surface area contributed by atoms with Gasteiger partial charge in [-0.25, -0.2) is 9.59 Å². The molecule has 0 fully saturated rings. The normalized spacial score (nSPS) is 11.0. The number of esters is 1. The van der Waals surface area contributed by atoms with Crippen molar-refractivity contribution in [2.75, 3.05) is 13.1 Å². The van der Waals surface area contributed by atoms with Gasteiger partial charge in [0, 0.05) is 27.7 Å². The van der Waals surface area contributed by atoms with E-state index in [1.54, 1.807) is 44.2 Å². The Morgan fingerprint density at radius 3 is 2.23 bits per heavy atom. The van der Waals surface area contributed by atoms with Crippen molar-refractivity contribution in [3.8, 4) is 5.75 Å². The zero-order valence-electron chi connectivity index (χ0n) is 20.9. The molecular weight excluding hydrogens is 562 g/mol. The van der Waals surface area contributed by atoms with Crippen molar-refractivity contribution in [2.24, 2.45) is 11.1 Å². The number of amidine groups is 1. The average molecular weight is 590 g/mol. The molecule has 1 amide bonds. The highest BCUT2D eigenvalue weighted by atomic mass is 32.1. The Kier molecular flexibility index (Phi) is 11.8. The first kappa shape index (κ1) is 33.3. The first-order chi connectivity index (χ1) is 17.9. The molecule has 212 valence electrons. The molecular formula is C24H27F3N3O7PS. The van der Waals surface area contributed by atoms with Crippen LogP contribution in [0.4, 0.5) is 13.2 Å². The molecule has 0 radical (unpaired) electrons. The van der Waals surface area contributed by atoms with Crippen LogP contribution in [0.25, 0.3) is 0 Å². The fraction of sp³-hybridized carbons (Fsp3) is 0.292. The second kappa shape index (κ2) is 13.9. The highest BCUT2D eigenvalue weighted by Crippen LogP contribution is 2.29. The minimum Gasteiger partial charge on any atom is -0.480 e. The summed E-state index contributed by atoms with van der Waals surface area (Å²) in [6, 6.07) is 8.19. The van der Waals surface area contributed by atoms with Crippen LogP contribution in [0.2, 0.25) is 0 Å². The van der Waals surface area contributed by atoms with Gasteiger partial charge in [0.25, 0.3) is 0 Å². The van der Waals surface area contributed by atoms with E-state index in [0.29, 0.717) is 27.9 Å². The molecule has 10 nitrogen and oxygen atoms in total. The van der Waals surface area contributed by atoms with E-state index in [1.165, 1.54) is 22.3 Å². The Bertz CT molecular complexity index is 1260. The van der Waals surface area contributed by atoms with Gasteiger partial charge in [-0.3, -0.25) is 15.0 Å². The summed E-state index contributed by atoms with van der Waals surface area (Å²) in [6.07, 6.45) is -3.27. The number of nitrogens with two attached hydrogens (primary N) is 1. The van der Waals surface area contributed by atoms with Crippen molar-refractivity contribution in [2.45, 2.75) is 26.4 Å². The summed E-state index contributed by atoms with van der Waals surface area (Å²) in [6.45, 7) is 6.78. The number of aliphatic carboxylic acids is 2. The number of nitrogens with one attached hydrogen (secondary N) is 1. The van der Waals surface area contributed by atoms with Gasteiger partial charge in [0.05, 0.1) is 0 Å². The standard InChI is InChI=1S/C22H26N3O5PS.C2HF3O2/c1-4-9-25(12-18(26)27)21(29)22(2,3)11-14-6-8-17(32-14)20(28)30-15-7-5-13(19(23)24)10-16(15)31;3-2(4,5)1(6)7/h4-8,10H,1,9,11-12,31H2,2-3H3,(H3,23,24)(H,26,27);(H,6,7). The molecule has 1 atom stereocenters. The van der Waals surface area contributed by atoms with Crippen LogP contribution in [0.5, 0.6) is 5.75 Å². The highest BCUT2D eigenvalue weighted by molar-refractivity contribution is 7.27. The molecule has 0 spiro atoms. The molecule has 1 unspecified atom stereocenters. The fourth-order valence-electron chi connectivity index (χ4n) is 3.02. The lowest BCUT2D eigenvalue weighted by molar-refractivity contribution is -0.192. The van der Waals surface area contributed by atoms with E-state index in [1.807, 2.05) is 0 Å². The van der Waals surface area contributed by atoms with Gasteiger partial charge in [-0.05, 0) is 36.8 Å². The number of alkyl halides is 3. The number of thiophene rings is 1. The Labute approximate surface area is 228 Å².